The molecule has 2 aliphatic heterocycles. The molecule has 0 N–H and O–H groups in total. The van der Waals surface area contributed by atoms with Gasteiger partial charge in [-0.1, -0.05) is 13.8 Å². The molecule has 0 aromatic carbocycles. The second-order valence-electron chi connectivity index (χ2n) is 3.64. The Balaban J connectivity index is 2.10. The van der Waals surface area contributed by atoms with Crippen molar-refractivity contribution in [3.63, 3.8) is 0 Å². The van der Waals surface area contributed by atoms with Crippen molar-refractivity contribution in [3.05, 3.63) is 0 Å². The molecule has 0 amide bonds. The molecule has 0 nitrogen and oxygen atoms in total. The Bertz CT molecular complexity index is 104. The Morgan fingerprint density at radius 3 is 1.67 bits per heavy atom. The number of fused-ring (bicyclic) bond motifs is 2. The maximum atomic E-state index is 2.41. The molecule has 2 rings (SSSR count). The maximum Gasteiger partial charge on any atom is 0.00789 e. The fourth-order valence-corrected chi connectivity index (χ4v) is 4.14. The van der Waals surface area contributed by atoms with E-state index < -0.39 is 0 Å². The van der Waals surface area contributed by atoms with E-state index in [2.05, 4.69) is 25.6 Å². The summed E-state index contributed by atoms with van der Waals surface area (Å²) in [5.41, 5.74) is 0. The lowest BCUT2D eigenvalue weighted by molar-refractivity contribution is 0.365. The Morgan fingerprint density at radius 2 is 1.44 bits per heavy atom. The van der Waals surface area contributed by atoms with E-state index in [0.29, 0.717) is 0 Å². The largest absolute Gasteiger partial charge is 0.155 e. The fraction of sp³-hybridized carbons (Fsp3) is 1.00. The maximum absolute atomic E-state index is 2.41. The van der Waals surface area contributed by atoms with Gasteiger partial charge in [0.25, 0.3) is 0 Å². The smallest absolute Gasteiger partial charge is 0.00789 e. The summed E-state index contributed by atoms with van der Waals surface area (Å²) in [6, 6.07) is 0. The van der Waals surface area contributed by atoms with Crippen LogP contribution in [0.4, 0.5) is 0 Å². The summed E-state index contributed by atoms with van der Waals surface area (Å²) in [6.45, 7) is 4.81. The van der Waals surface area contributed by atoms with Crippen LogP contribution < -0.4 is 0 Å². The Kier molecular flexibility index (Phi) is 1.29. The van der Waals surface area contributed by atoms with Crippen molar-refractivity contribution in [2.75, 3.05) is 0 Å². The molecule has 1 heteroatoms. The molecule has 2 heterocycles. The average Bonchev–Trinajstić information content (AvgIpc) is 2.24. The van der Waals surface area contributed by atoms with Gasteiger partial charge < -0.3 is 0 Å². The van der Waals surface area contributed by atoms with Crippen LogP contribution in [0.3, 0.4) is 0 Å². The lowest BCUT2D eigenvalue weighted by atomic mass is 9.84. The average molecular weight is 142 g/mol. The second kappa shape index (κ2) is 1.91. The highest BCUT2D eigenvalue weighted by Gasteiger charge is 2.42. The van der Waals surface area contributed by atoms with Gasteiger partial charge in [0, 0.05) is 10.5 Å². The second-order valence-corrected chi connectivity index (χ2v) is 5.12. The molecule has 0 radical (unpaired) electrons. The summed E-state index contributed by atoms with van der Waals surface area (Å²) in [6.07, 6.45) is 2.99. The Hall–Kier alpha value is 0.350. The summed E-state index contributed by atoms with van der Waals surface area (Å²) < 4.78 is 0. The van der Waals surface area contributed by atoms with Crippen molar-refractivity contribution in [1.82, 2.24) is 0 Å². The number of hydrogen-bond donors (Lipinski definition) is 0. The molecular weight excluding hydrogens is 128 g/mol. The first kappa shape index (κ1) is 6.09. The van der Waals surface area contributed by atoms with Crippen LogP contribution in [0.2, 0.25) is 0 Å². The predicted molar refractivity (Wildman–Crippen MR) is 42.7 cm³/mol. The summed E-state index contributed by atoms with van der Waals surface area (Å²) in [4.78, 5) is 0. The van der Waals surface area contributed by atoms with E-state index >= 15 is 0 Å². The Labute approximate surface area is 61.4 Å². The predicted octanol–water partition coefficient (Wildman–Crippen LogP) is 2.54. The van der Waals surface area contributed by atoms with E-state index in [0.717, 1.165) is 22.3 Å². The van der Waals surface area contributed by atoms with E-state index in [9.17, 15) is 0 Å². The monoisotopic (exact) mass is 142 g/mol. The SMILES string of the molecule is CC1CC2SC1CC2C. The molecule has 0 aromatic heterocycles. The van der Waals surface area contributed by atoms with Gasteiger partial charge in [-0.25, -0.2) is 0 Å². The lowest BCUT2D eigenvalue weighted by Crippen LogP contribution is -2.18. The topological polar surface area (TPSA) is 0 Å². The zero-order valence-corrected chi connectivity index (χ0v) is 6.95. The molecule has 9 heavy (non-hydrogen) atoms. The third-order valence-corrected chi connectivity index (χ3v) is 4.84. The van der Waals surface area contributed by atoms with Gasteiger partial charge in [-0.05, 0) is 24.7 Å². The normalized spacial score (nSPS) is 56.7. The molecule has 4 unspecified atom stereocenters. The van der Waals surface area contributed by atoms with Crippen molar-refractivity contribution in [1.29, 1.82) is 0 Å². The number of hydrogen-bond acceptors (Lipinski definition) is 1. The first-order chi connectivity index (χ1) is 4.27. The molecular formula is C8H14S. The Morgan fingerprint density at radius 1 is 1.00 bits per heavy atom. The van der Waals surface area contributed by atoms with Gasteiger partial charge in [0.15, 0.2) is 0 Å². The van der Waals surface area contributed by atoms with Crippen LogP contribution in [-0.2, 0) is 0 Å². The molecule has 4 atom stereocenters. The van der Waals surface area contributed by atoms with Gasteiger partial charge >= 0.3 is 0 Å². The minimum Gasteiger partial charge on any atom is -0.155 e. The fourth-order valence-electron chi connectivity index (χ4n) is 2.10. The van der Waals surface area contributed by atoms with Gasteiger partial charge in [0.1, 0.15) is 0 Å². The summed E-state index contributed by atoms with van der Waals surface area (Å²) in [5, 5.41) is 2.06. The van der Waals surface area contributed by atoms with Gasteiger partial charge in [0.2, 0.25) is 0 Å². The van der Waals surface area contributed by atoms with Crippen LogP contribution in [-0.4, -0.2) is 10.5 Å². The zero-order chi connectivity index (χ0) is 6.43. The molecule has 0 aliphatic carbocycles. The summed E-state index contributed by atoms with van der Waals surface area (Å²) in [7, 11) is 0. The molecule has 2 fully saturated rings. The van der Waals surface area contributed by atoms with Gasteiger partial charge in [-0.2, -0.15) is 11.8 Å². The first-order valence-electron chi connectivity index (χ1n) is 3.93. The van der Waals surface area contributed by atoms with Gasteiger partial charge in [-0.3, -0.25) is 0 Å². The highest BCUT2D eigenvalue weighted by atomic mass is 32.2. The van der Waals surface area contributed by atoms with Crippen LogP contribution in [0.15, 0.2) is 0 Å². The quantitative estimate of drug-likeness (QED) is 0.501. The molecule has 0 aromatic rings. The molecule has 0 saturated carbocycles. The number of rotatable bonds is 0. The third kappa shape index (κ3) is 0.813. The summed E-state index contributed by atoms with van der Waals surface area (Å²) >= 11 is 2.25. The minimum atomic E-state index is 1.02. The molecule has 2 aliphatic rings. The van der Waals surface area contributed by atoms with Crippen molar-refractivity contribution in [2.45, 2.75) is 37.2 Å². The highest BCUT2D eigenvalue weighted by Crippen LogP contribution is 2.51. The molecule has 0 spiro atoms. The number of thioether (sulfide) groups is 1. The van der Waals surface area contributed by atoms with Crippen LogP contribution >= 0.6 is 11.8 Å². The van der Waals surface area contributed by atoms with Crippen molar-refractivity contribution < 1.29 is 0 Å². The van der Waals surface area contributed by atoms with Crippen molar-refractivity contribution in [2.24, 2.45) is 11.8 Å². The summed E-state index contributed by atoms with van der Waals surface area (Å²) in [5.74, 6) is 2.05. The van der Waals surface area contributed by atoms with Gasteiger partial charge in [-0.15, -0.1) is 0 Å². The van der Waals surface area contributed by atoms with E-state index in [1.807, 2.05) is 0 Å². The van der Waals surface area contributed by atoms with E-state index in [4.69, 9.17) is 0 Å². The van der Waals surface area contributed by atoms with E-state index in [1.165, 1.54) is 12.8 Å². The lowest BCUT2D eigenvalue weighted by Gasteiger charge is -2.19. The first-order valence-corrected chi connectivity index (χ1v) is 4.87. The van der Waals surface area contributed by atoms with Crippen LogP contribution in [0.25, 0.3) is 0 Å². The molecule has 2 saturated heterocycles. The molecule has 52 valence electrons. The highest BCUT2D eigenvalue weighted by molar-refractivity contribution is 8.01. The van der Waals surface area contributed by atoms with E-state index in [1.54, 1.807) is 0 Å². The molecule has 2 bridgehead atoms. The van der Waals surface area contributed by atoms with Crippen molar-refractivity contribution in [3.8, 4) is 0 Å². The van der Waals surface area contributed by atoms with Crippen LogP contribution in [0.1, 0.15) is 26.7 Å². The van der Waals surface area contributed by atoms with Crippen molar-refractivity contribution >= 4 is 11.8 Å². The minimum absolute atomic E-state index is 1.02. The third-order valence-electron chi connectivity index (χ3n) is 2.83. The standard InChI is InChI=1S/C8H14S/c1-5-3-8-6(2)4-7(5)9-8/h5-8H,3-4H2,1-2H3. The van der Waals surface area contributed by atoms with E-state index in [-0.39, 0.29) is 0 Å². The van der Waals surface area contributed by atoms with Crippen LogP contribution in [0.5, 0.6) is 0 Å². The zero-order valence-electron chi connectivity index (χ0n) is 6.13. The van der Waals surface area contributed by atoms with Gasteiger partial charge in [0.05, 0.1) is 0 Å². The van der Waals surface area contributed by atoms with Crippen LogP contribution in [0, 0.1) is 11.8 Å².